The maximum absolute atomic E-state index is 4.39. The summed E-state index contributed by atoms with van der Waals surface area (Å²) in [6.07, 6.45) is 9.56. The first-order chi connectivity index (χ1) is 10.1. The van der Waals surface area contributed by atoms with E-state index in [2.05, 4.69) is 47.7 Å². The molecule has 21 heavy (non-hydrogen) atoms. The van der Waals surface area contributed by atoms with Crippen LogP contribution in [0.2, 0.25) is 0 Å². The van der Waals surface area contributed by atoms with Crippen molar-refractivity contribution in [3.63, 3.8) is 0 Å². The molecule has 4 nitrogen and oxygen atoms in total. The molecule has 0 amide bonds. The number of nitrogens with zero attached hydrogens (tertiary/aromatic N) is 3. The smallest absolute Gasteiger partial charge is 0.193 e. The number of nitrogens with one attached hydrogen (secondary N) is 1. The first-order valence-corrected chi connectivity index (χ1v) is 8.34. The largest absolute Gasteiger partial charge is 0.355 e. The van der Waals surface area contributed by atoms with Crippen LogP contribution in [-0.4, -0.2) is 62.1 Å². The van der Waals surface area contributed by atoms with E-state index in [0.29, 0.717) is 6.04 Å². The van der Waals surface area contributed by atoms with Gasteiger partial charge in [0, 0.05) is 39.3 Å². The Kier molecular flexibility index (Phi) is 8.43. The van der Waals surface area contributed by atoms with Crippen LogP contribution in [0.15, 0.2) is 17.6 Å². The molecular formula is C17H34N4. The van der Waals surface area contributed by atoms with Gasteiger partial charge in [-0.15, -0.1) is 6.58 Å². The predicted octanol–water partition coefficient (Wildman–Crippen LogP) is 2.72. The van der Waals surface area contributed by atoms with Crippen molar-refractivity contribution in [2.24, 2.45) is 4.99 Å². The molecule has 1 fully saturated rings. The Morgan fingerprint density at radius 3 is 2.62 bits per heavy atom. The molecule has 0 spiro atoms. The SMILES string of the molecule is C=CCCCCCN(C)C(=NC)NCC(C)N(C)C1CC1. The van der Waals surface area contributed by atoms with E-state index in [1.54, 1.807) is 0 Å². The molecule has 0 aliphatic heterocycles. The molecule has 1 rings (SSSR count). The monoisotopic (exact) mass is 294 g/mol. The van der Waals surface area contributed by atoms with Crippen LogP contribution in [0.4, 0.5) is 0 Å². The van der Waals surface area contributed by atoms with Gasteiger partial charge in [-0.05, 0) is 46.1 Å². The van der Waals surface area contributed by atoms with Gasteiger partial charge >= 0.3 is 0 Å². The summed E-state index contributed by atoms with van der Waals surface area (Å²) in [5.74, 6) is 1.01. The molecule has 1 atom stereocenters. The number of hydrogen-bond acceptors (Lipinski definition) is 2. The van der Waals surface area contributed by atoms with Crippen molar-refractivity contribution in [1.82, 2.24) is 15.1 Å². The number of hydrogen-bond donors (Lipinski definition) is 1. The van der Waals surface area contributed by atoms with Gasteiger partial charge < -0.3 is 10.2 Å². The molecule has 1 aliphatic carbocycles. The van der Waals surface area contributed by atoms with Crippen molar-refractivity contribution in [2.75, 3.05) is 34.2 Å². The third-order valence-electron chi connectivity index (χ3n) is 4.35. The van der Waals surface area contributed by atoms with E-state index in [9.17, 15) is 0 Å². The van der Waals surface area contributed by atoms with E-state index in [0.717, 1.165) is 31.5 Å². The van der Waals surface area contributed by atoms with Crippen LogP contribution in [0.1, 0.15) is 45.4 Å². The molecule has 0 saturated heterocycles. The molecule has 0 aromatic rings. The van der Waals surface area contributed by atoms with Crippen LogP contribution in [0.3, 0.4) is 0 Å². The van der Waals surface area contributed by atoms with Crippen molar-refractivity contribution < 1.29 is 0 Å². The summed E-state index contributed by atoms with van der Waals surface area (Å²) in [5.41, 5.74) is 0. The molecule has 0 aromatic heterocycles. The normalized spacial score (nSPS) is 16.9. The van der Waals surface area contributed by atoms with Crippen molar-refractivity contribution in [2.45, 2.75) is 57.5 Å². The molecule has 1 N–H and O–H groups in total. The minimum Gasteiger partial charge on any atom is -0.355 e. The van der Waals surface area contributed by atoms with E-state index in [1.165, 1.54) is 32.1 Å². The van der Waals surface area contributed by atoms with Gasteiger partial charge in [0.2, 0.25) is 0 Å². The number of guanidine groups is 1. The van der Waals surface area contributed by atoms with Gasteiger partial charge in [-0.3, -0.25) is 9.89 Å². The topological polar surface area (TPSA) is 30.9 Å². The molecule has 1 unspecified atom stereocenters. The average molecular weight is 294 g/mol. The fourth-order valence-electron chi connectivity index (χ4n) is 2.53. The first-order valence-electron chi connectivity index (χ1n) is 8.34. The molecule has 1 saturated carbocycles. The zero-order valence-electron chi connectivity index (χ0n) is 14.4. The number of rotatable bonds is 10. The van der Waals surface area contributed by atoms with Gasteiger partial charge in [0.25, 0.3) is 0 Å². The standard InChI is InChI=1S/C17H34N4/c1-6-7-8-9-10-13-20(4)17(18-3)19-14-15(2)21(5)16-11-12-16/h6,15-16H,1,7-14H2,2-5H3,(H,18,19). The van der Waals surface area contributed by atoms with Gasteiger partial charge in [-0.25, -0.2) is 0 Å². The van der Waals surface area contributed by atoms with Crippen LogP contribution in [0.5, 0.6) is 0 Å². The second kappa shape index (κ2) is 9.82. The summed E-state index contributed by atoms with van der Waals surface area (Å²) in [7, 11) is 6.22. The fourth-order valence-corrected chi connectivity index (χ4v) is 2.53. The summed E-state index contributed by atoms with van der Waals surface area (Å²) in [6, 6.07) is 1.36. The number of unbranched alkanes of at least 4 members (excludes halogenated alkanes) is 3. The molecule has 0 heterocycles. The zero-order valence-corrected chi connectivity index (χ0v) is 14.4. The van der Waals surface area contributed by atoms with E-state index in [4.69, 9.17) is 0 Å². The van der Waals surface area contributed by atoms with Gasteiger partial charge in [0.15, 0.2) is 5.96 Å². The second-order valence-corrected chi connectivity index (χ2v) is 6.23. The summed E-state index contributed by atoms with van der Waals surface area (Å²) < 4.78 is 0. The highest BCUT2D eigenvalue weighted by molar-refractivity contribution is 5.79. The zero-order chi connectivity index (χ0) is 15.7. The fraction of sp³-hybridized carbons (Fsp3) is 0.824. The quantitative estimate of drug-likeness (QED) is 0.291. The van der Waals surface area contributed by atoms with Gasteiger partial charge in [0.1, 0.15) is 0 Å². The summed E-state index contributed by atoms with van der Waals surface area (Å²) in [6.45, 7) is 8.07. The molecule has 1 aliphatic rings. The van der Waals surface area contributed by atoms with E-state index in [1.807, 2.05) is 13.1 Å². The third-order valence-corrected chi connectivity index (χ3v) is 4.35. The number of aliphatic imine (C=N–C) groups is 1. The van der Waals surface area contributed by atoms with Crippen LogP contribution >= 0.6 is 0 Å². The van der Waals surface area contributed by atoms with E-state index >= 15 is 0 Å². The van der Waals surface area contributed by atoms with Crippen LogP contribution in [-0.2, 0) is 0 Å². The van der Waals surface area contributed by atoms with Gasteiger partial charge in [0.05, 0.1) is 0 Å². The first kappa shape index (κ1) is 18.0. The second-order valence-electron chi connectivity index (χ2n) is 6.23. The Bertz CT molecular complexity index is 323. The summed E-state index contributed by atoms with van der Waals surface area (Å²) in [5, 5.41) is 3.50. The van der Waals surface area contributed by atoms with E-state index < -0.39 is 0 Å². The Labute approximate surface area is 131 Å². The van der Waals surface area contributed by atoms with Crippen LogP contribution in [0.25, 0.3) is 0 Å². The predicted molar refractivity (Wildman–Crippen MR) is 92.9 cm³/mol. The summed E-state index contributed by atoms with van der Waals surface area (Å²) in [4.78, 5) is 9.11. The van der Waals surface area contributed by atoms with Gasteiger partial charge in [-0.2, -0.15) is 0 Å². The number of allylic oxidation sites excluding steroid dienone is 1. The van der Waals surface area contributed by atoms with Crippen LogP contribution in [0, 0.1) is 0 Å². The Balaban J connectivity index is 2.21. The third kappa shape index (κ3) is 6.98. The molecule has 0 bridgehead atoms. The van der Waals surface area contributed by atoms with Crippen molar-refractivity contribution in [3.8, 4) is 0 Å². The molecule has 0 radical (unpaired) electrons. The summed E-state index contributed by atoms with van der Waals surface area (Å²) >= 11 is 0. The Hall–Kier alpha value is -1.03. The minimum absolute atomic E-state index is 0.551. The van der Waals surface area contributed by atoms with Crippen LogP contribution < -0.4 is 5.32 Å². The Morgan fingerprint density at radius 2 is 2.05 bits per heavy atom. The highest BCUT2D eigenvalue weighted by atomic mass is 15.3. The lowest BCUT2D eigenvalue weighted by atomic mass is 10.2. The minimum atomic E-state index is 0.551. The lowest BCUT2D eigenvalue weighted by molar-refractivity contribution is 0.246. The average Bonchev–Trinajstić information content (AvgIpc) is 3.31. The molecule has 122 valence electrons. The Morgan fingerprint density at radius 1 is 1.33 bits per heavy atom. The maximum Gasteiger partial charge on any atom is 0.193 e. The lowest BCUT2D eigenvalue weighted by Gasteiger charge is -2.28. The maximum atomic E-state index is 4.39. The molecule has 0 aromatic carbocycles. The highest BCUT2D eigenvalue weighted by Gasteiger charge is 2.29. The van der Waals surface area contributed by atoms with Crippen molar-refractivity contribution in [1.29, 1.82) is 0 Å². The lowest BCUT2D eigenvalue weighted by Crippen LogP contribution is -2.46. The van der Waals surface area contributed by atoms with Crippen molar-refractivity contribution >= 4 is 5.96 Å². The van der Waals surface area contributed by atoms with Gasteiger partial charge in [-0.1, -0.05) is 12.5 Å². The molecule has 4 heteroatoms. The molecular weight excluding hydrogens is 260 g/mol. The van der Waals surface area contributed by atoms with Crippen molar-refractivity contribution in [3.05, 3.63) is 12.7 Å². The van der Waals surface area contributed by atoms with E-state index in [-0.39, 0.29) is 0 Å². The highest BCUT2D eigenvalue weighted by Crippen LogP contribution is 2.26. The number of likely N-dealkylation sites (N-methyl/N-ethyl adjacent to an activating group) is 1.